The van der Waals surface area contributed by atoms with E-state index < -0.39 is 26.2 Å². The fraction of sp³-hybridized carbons (Fsp3) is 0.857. The number of hydrogen-bond donors (Lipinski definition) is 1. The van der Waals surface area contributed by atoms with Crippen LogP contribution in [0.1, 0.15) is 6.92 Å². The molecule has 1 amide bonds. The van der Waals surface area contributed by atoms with Gasteiger partial charge in [-0.2, -0.15) is 8.78 Å². The zero-order valence-corrected chi connectivity index (χ0v) is 9.12. The monoisotopic (exact) mass is 213 g/mol. The van der Waals surface area contributed by atoms with Crippen molar-refractivity contribution < 1.29 is 18.0 Å². The fourth-order valence-electron chi connectivity index (χ4n) is 0.605. The molecule has 0 aromatic rings. The Labute approximate surface area is 76.6 Å². The van der Waals surface area contributed by atoms with Gasteiger partial charge in [0.25, 0.3) is 5.91 Å². The van der Waals surface area contributed by atoms with Gasteiger partial charge in [-0.15, -0.1) is 0 Å². The molecule has 1 unspecified atom stereocenters. The normalized spacial score (nSPS) is 15.3. The Balaban J connectivity index is 4.44. The average Bonchev–Trinajstić information content (AvgIpc) is 1.82. The summed E-state index contributed by atoms with van der Waals surface area (Å²) in [6, 6.07) is 0. The van der Waals surface area contributed by atoms with Gasteiger partial charge in [0.05, 0.1) is 0 Å². The first-order valence-electron chi connectivity index (χ1n) is 3.92. The minimum Gasteiger partial charge on any atom is -0.377 e. The zero-order chi connectivity index (χ0) is 10.9. The summed E-state index contributed by atoms with van der Waals surface area (Å²) in [6.45, 7) is 5.72. The van der Waals surface area contributed by atoms with E-state index in [1.165, 1.54) is 0 Å². The highest BCUT2D eigenvalue weighted by molar-refractivity contribution is 6.75. The molecule has 0 aliphatic rings. The highest BCUT2D eigenvalue weighted by Crippen LogP contribution is 2.21. The molecule has 0 fully saturated rings. The summed E-state index contributed by atoms with van der Waals surface area (Å²) >= 11 is 0. The van der Waals surface area contributed by atoms with Crippen molar-refractivity contribution in [2.75, 3.05) is 0 Å². The molecule has 2 nitrogen and oxygen atoms in total. The molecule has 0 aliphatic heterocycles. The summed E-state index contributed by atoms with van der Waals surface area (Å²) in [5.74, 6) is -5.43. The van der Waals surface area contributed by atoms with Crippen molar-refractivity contribution in [3.8, 4) is 0 Å². The lowest BCUT2D eigenvalue weighted by Gasteiger charge is -2.23. The van der Waals surface area contributed by atoms with Crippen molar-refractivity contribution in [2.24, 2.45) is 0 Å². The first-order chi connectivity index (χ1) is 5.57. The highest BCUT2D eigenvalue weighted by Gasteiger charge is 2.46. The van der Waals surface area contributed by atoms with Crippen LogP contribution in [0.2, 0.25) is 19.6 Å². The smallest absolute Gasteiger partial charge is 0.353 e. The Morgan fingerprint density at radius 3 is 2.00 bits per heavy atom. The van der Waals surface area contributed by atoms with Gasteiger partial charge in [-0.1, -0.05) is 19.6 Å². The molecule has 0 saturated carbocycles. The van der Waals surface area contributed by atoms with Gasteiger partial charge in [0.2, 0.25) is 0 Å². The number of rotatable bonds is 3. The molecule has 1 atom stereocenters. The Hall–Kier alpha value is -0.523. The number of carbonyl (C=O) groups excluding carboxylic acids is 1. The van der Waals surface area contributed by atoms with Crippen LogP contribution in [-0.2, 0) is 4.79 Å². The second-order valence-electron chi connectivity index (χ2n) is 3.94. The molecule has 0 radical (unpaired) electrons. The third-order valence-electron chi connectivity index (χ3n) is 1.29. The summed E-state index contributed by atoms with van der Waals surface area (Å²) in [5.41, 5.74) is 0. The molecule has 0 aliphatic carbocycles. The van der Waals surface area contributed by atoms with E-state index in [0.717, 1.165) is 0 Å². The molecular weight excluding hydrogens is 199 g/mol. The third-order valence-corrected chi connectivity index (χ3v) is 2.27. The highest BCUT2D eigenvalue weighted by atomic mass is 28.3. The lowest BCUT2D eigenvalue weighted by atomic mass is 10.2. The first kappa shape index (κ1) is 12.5. The van der Waals surface area contributed by atoms with Gasteiger partial charge in [-0.25, -0.2) is 4.39 Å². The second-order valence-corrected chi connectivity index (χ2v) is 8.69. The van der Waals surface area contributed by atoms with E-state index in [9.17, 15) is 18.0 Å². The molecule has 0 bridgehead atoms. The number of halogens is 3. The van der Waals surface area contributed by atoms with Gasteiger partial charge in [0, 0.05) is 0 Å². The molecule has 13 heavy (non-hydrogen) atoms. The summed E-state index contributed by atoms with van der Waals surface area (Å²) in [6.07, 6.45) is -2.45. The van der Waals surface area contributed by atoms with Gasteiger partial charge in [0.1, 0.15) is 8.24 Å². The van der Waals surface area contributed by atoms with Gasteiger partial charge in [0.15, 0.2) is 6.17 Å². The summed E-state index contributed by atoms with van der Waals surface area (Å²) in [4.78, 5) is 13.0. The van der Waals surface area contributed by atoms with E-state index in [1.54, 1.807) is 19.6 Å². The largest absolute Gasteiger partial charge is 0.377 e. The van der Waals surface area contributed by atoms with Gasteiger partial charge in [-0.05, 0) is 6.92 Å². The molecule has 0 heterocycles. The summed E-state index contributed by atoms with van der Waals surface area (Å²) < 4.78 is 37.7. The van der Waals surface area contributed by atoms with Crippen LogP contribution in [0.25, 0.3) is 0 Å². The summed E-state index contributed by atoms with van der Waals surface area (Å²) in [7, 11) is -2.12. The minimum atomic E-state index is -3.92. The maximum absolute atomic E-state index is 12.7. The van der Waals surface area contributed by atoms with Crippen LogP contribution >= 0.6 is 0 Å². The Morgan fingerprint density at radius 1 is 1.38 bits per heavy atom. The molecule has 6 heteroatoms. The molecule has 0 spiro atoms. The van der Waals surface area contributed by atoms with Crippen LogP contribution < -0.4 is 4.98 Å². The zero-order valence-electron chi connectivity index (χ0n) is 8.12. The van der Waals surface area contributed by atoms with Gasteiger partial charge < -0.3 is 4.98 Å². The second kappa shape index (κ2) is 3.69. The molecule has 0 rings (SSSR count). The predicted octanol–water partition coefficient (Wildman–Crippen LogP) is 1.93. The maximum atomic E-state index is 12.7. The van der Waals surface area contributed by atoms with Crippen LogP contribution in [-0.4, -0.2) is 26.2 Å². The van der Waals surface area contributed by atoms with E-state index in [2.05, 4.69) is 4.98 Å². The molecule has 1 N–H and O–H groups in total. The van der Waals surface area contributed by atoms with Gasteiger partial charge >= 0.3 is 5.92 Å². The number of amides is 1. The Bertz CT molecular complexity index is 200. The molecule has 0 aromatic carbocycles. The van der Waals surface area contributed by atoms with E-state index in [1.807, 2.05) is 0 Å². The lowest BCUT2D eigenvalue weighted by Crippen LogP contribution is -2.54. The quantitative estimate of drug-likeness (QED) is 0.713. The maximum Gasteiger partial charge on any atom is 0.353 e. The van der Waals surface area contributed by atoms with Gasteiger partial charge in [-0.3, -0.25) is 4.79 Å². The number of carbonyl (C=O) groups is 1. The van der Waals surface area contributed by atoms with Crippen molar-refractivity contribution >= 4 is 14.1 Å². The SMILES string of the molecule is CC(F)C(F)(F)C(=O)N[Si](C)(C)C. The van der Waals surface area contributed by atoms with Crippen molar-refractivity contribution in [3.05, 3.63) is 0 Å². The first-order valence-corrected chi connectivity index (χ1v) is 7.42. The molecule has 0 saturated heterocycles. The number of alkyl halides is 3. The van der Waals surface area contributed by atoms with Crippen LogP contribution in [0.3, 0.4) is 0 Å². The predicted molar refractivity (Wildman–Crippen MR) is 47.0 cm³/mol. The standard InChI is InChI=1S/C7H14F3NOSi/c1-5(8)7(9,10)6(12)11-13(2,3)4/h5H,1-4H3,(H,11,12). The third kappa shape index (κ3) is 3.80. The van der Waals surface area contributed by atoms with Crippen LogP contribution in [0.15, 0.2) is 0 Å². The van der Waals surface area contributed by atoms with Crippen molar-refractivity contribution in [1.82, 2.24) is 4.98 Å². The van der Waals surface area contributed by atoms with Crippen LogP contribution in [0, 0.1) is 0 Å². The topological polar surface area (TPSA) is 29.1 Å². The van der Waals surface area contributed by atoms with Crippen molar-refractivity contribution in [1.29, 1.82) is 0 Å². The average molecular weight is 213 g/mol. The van der Waals surface area contributed by atoms with Crippen molar-refractivity contribution in [3.63, 3.8) is 0 Å². The van der Waals surface area contributed by atoms with E-state index >= 15 is 0 Å². The van der Waals surface area contributed by atoms with Crippen LogP contribution in [0.4, 0.5) is 13.2 Å². The number of hydrogen-bond acceptors (Lipinski definition) is 1. The summed E-state index contributed by atoms with van der Waals surface area (Å²) in [5, 5.41) is 0. The lowest BCUT2D eigenvalue weighted by molar-refractivity contribution is -0.152. The molecule has 0 aromatic heterocycles. The Kier molecular flexibility index (Phi) is 3.54. The van der Waals surface area contributed by atoms with Crippen molar-refractivity contribution in [2.45, 2.75) is 38.7 Å². The fourth-order valence-corrected chi connectivity index (χ4v) is 1.45. The van der Waals surface area contributed by atoms with E-state index in [0.29, 0.717) is 6.92 Å². The van der Waals surface area contributed by atoms with E-state index in [4.69, 9.17) is 0 Å². The minimum absolute atomic E-state index is 0.670. The van der Waals surface area contributed by atoms with Crippen LogP contribution in [0.5, 0.6) is 0 Å². The molecule has 78 valence electrons. The van der Waals surface area contributed by atoms with E-state index in [-0.39, 0.29) is 0 Å². The molecular formula is C7H14F3NOSi. The number of nitrogens with one attached hydrogen (secondary N) is 1. The Morgan fingerprint density at radius 2 is 1.77 bits per heavy atom.